The van der Waals surface area contributed by atoms with Crippen molar-refractivity contribution in [3.63, 3.8) is 0 Å². The molecular formula is C27H34F3N3O2. The van der Waals surface area contributed by atoms with E-state index in [0.717, 1.165) is 37.3 Å². The average molecular weight is 490 g/mol. The first kappa shape index (κ1) is 26.6. The largest absolute Gasteiger partial charge is 0.416 e. The van der Waals surface area contributed by atoms with Crippen LogP contribution in [0.1, 0.15) is 56.5 Å². The van der Waals surface area contributed by atoms with Crippen LogP contribution in [0.4, 0.5) is 24.5 Å². The Morgan fingerprint density at radius 3 is 2.17 bits per heavy atom. The van der Waals surface area contributed by atoms with Gasteiger partial charge in [-0.1, -0.05) is 33.8 Å². The zero-order valence-corrected chi connectivity index (χ0v) is 20.8. The second-order valence-corrected chi connectivity index (χ2v) is 10.5. The molecule has 1 heterocycles. The van der Waals surface area contributed by atoms with E-state index < -0.39 is 17.6 Å². The lowest BCUT2D eigenvalue weighted by atomic mass is 9.84. The number of nitrogens with one attached hydrogen (secondary N) is 1. The molecule has 1 aliphatic heterocycles. The first-order chi connectivity index (χ1) is 16.3. The van der Waals surface area contributed by atoms with E-state index >= 15 is 0 Å². The highest BCUT2D eigenvalue weighted by Gasteiger charge is 2.31. The number of piperazine rings is 1. The number of alkyl halides is 3. The minimum atomic E-state index is -4.50. The van der Waals surface area contributed by atoms with Gasteiger partial charge in [0.05, 0.1) is 5.56 Å². The summed E-state index contributed by atoms with van der Waals surface area (Å²) < 4.78 is 38.7. The summed E-state index contributed by atoms with van der Waals surface area (Å²) >= 11 is 0. The first-order valence-electron chi connectivity index (χ1n) is 11.9. The maximum absolute atomic E-state index is 12.9. The lowest BCUT2D eigenvalue weighted by Crippen LogP contribution is -2.49. The summed E-state index contributed by atoms with van der Waals surface area (Å²) in [5.41, 5.74) is 0.758. The van der Waals surface area contributed by atoms with Gasteiger partial charge in [-0.25, -0.2) is 0 Å². The molecule has 2 amide bonds. The number of rotatable bonds is 6. The molecule has 35 heavy (non-hydrogen) atoms. The molecule has 0 saturated carbocycles. The third-order valence-corrected chi connectivity index (χ3v) is 6.06. The van der Waals surface area contributed by atoms with Gasteiger partial charge in [-0.2, -0.15) is 13.2 Å². The Bertz CT molecular complexity index is 1020. The molecule has 0 bridgehead atoms. The molecule has 1 N–H and O–H groups in total. The van der Waals surface area contributed by atoms with Crippen molar-refractivity contribution in [2.75, 3.05) is 36.4 Å². The number of benzene rings is 2. The average Bonchev–Trinajstić information content (AvgIpc) is 2.78. The van der Waals surface area contributed by atoms with E-state index in [1.165, 1.54) is 12.1 Å². The van der Waals surface area contributed by atoms with Crippen molar-refractivity contribution < 1.29 is 22.8 Å². The van der Waals surface area contributed by atoms with Crippen molar-refractivity contribution in [2.24, 2.45) is 11.3 Å². The SMILES string of the molecule is CC(CC(=O)N1CCN(c2ccc(NC(=O)c3cccc(C(F)(F)F)c3)cc2)CC1)CC(C)(C)C. The number of hydrogen-bond acceptors (Lipinski definition) is 3. The van der Waals surface area contributed by atoms with Crippen molar-refractivity contribution >= 4 is 23.2 Å². The van der Waals surface area contributed by atoms with Crippen LogP contribution in [-0.2, 0) is 11.0 Å². The Balaban J connectivity index is 1.52. The van der Waals surface area contributed by atoms with E-state index in [1.807, 2.05) is 17.0 Å². The number of anilines is 2. The molecule has 1 atom stereocenters. The summed E-state index contributed by atoms with van der Waals surface area (Å²) in [5, 5.41) is 2.65. The highest BCUT2D eigenvalue weighted by Crippen LogP contribution is 2.30. The number of nitrogens with zero attached hydrogens (tertiary/aromatic N) is 2. The maximum atomic E-state index is 12.9. The number of halogens is 3. The smallest absolute Gasteiger partial charge is 0.368 e. The molecule has 2 aromatic carbocycles. The van der Waals surface area contributed by atoms with Gasteiger partial charge >= 0.3 is 6.18 Å². The molecule has 0 aromatic heterocycles. The van der Waals surface area contributed by atoms with Gasteiger partial charge in [0.2, 0.25) is 5.91 Å². The molecule has 1 unspecified atom stereocenters. The van der Waals surface area contributed by atoms with Crippen LogP contribution < -0.4 is 10.2 Å². The molecule has 1 saturated heterocycles. The van der Waals surface area contributed by atoms with Crippen molar-refractivity contribution in [1.29, 1.82) is 0 Å². The summed E-state index contributed by atoms with van der Waals surface area (Å²) in [4.78, 5) is 29.2. The minimum Gasteiger partial charge on any atom is -0.368 e. The van der Waals surface area contributed by atoms with Gasteiger partial charge in [-0.15, -0.1) is 0 Å². The summed E-state index contributed by atoms with van der Waals surface area (Å²) in [5.74, 6) is -0.0510. The third kappa shape index (κ3) is 7.73. The molecular weight excluding hydrogens is 455 g/mol. The number of hydrogen-bond donors (Lipinski definition) is 1. The van der Waals surface area contributed by atoms with Gasteiger partial charge in [0, 0.05) is 49.5 Å². The Morgan fingerprint density at radius 1 is 0.971 bits per heavy atom. The van der Waals surface area contributed by atoms with Gasteiger partial charge in [0.25, 0.3) is 5.91 Å². The standard InChI is InChI=1S/C27H34F3N3O2/c1-19(18-26(2,3)4)16-24(34)33-14-12-32(13-15-33)23-10-8-22(9-11-23)31-25(35)20-6-5-7-21(17-20)27(28,29)30/h5-11,17,19H,12-16,18H2,1-4H3,(H,31,35). The van der Waals surface area contributed by atoms with Gasteiger partial charge in [0.1, 0.15) is 0 Å². The quantitative estimate of drug-likeness (QED) is 0.536. The van der Waals surface area contributed by atoms with Crippen LogP contribution in [0.5, 0.6) is 0 Å². The predicted octanol–water partition coefficient (Wildman–Crippen LogP) is 6.07. The zero-order chi connectivity index (χ0) is 25.8. The lowest BCUT2D eigenvalue weighted by molar-refractivity contribution is -0.137. The monoisotopic (exact) mass is 489 g/mol. The molecule has 8 heteroatoms. The van der Waals surface area contributed by atoms with E-state index in [2.05, 4.69) is 37.9 Å². The highest BCUT2D eigenvalue weighted by atomic mass is 19.4. The fourth-order valence-corrected chi connectivity index (χ4v) is 4.55. The molecule has 1 fully saturated rings. The van der Waals surface area contributed by atoms with E-state index in [0.29, 0.717) is 31.1 Å². The molecule has 0 radical (unpaired) electrons. The van der Waals surface area contributed by atoms with Gasteiger partial charge in [-0.3, -0.25) is 9.59 Å². The van der Waals surface area contributed by atoms with Crippen molar-refractivity contribution in [1.82, 2.24) is 4.90 Å². The van der Waals surface area contributed by atoms with Crippen LogP contribution in [0, 0.1) is 11.3 Å². The summed E-state index contributed by atoms with van der Waals surface area (Å²) in [6.45, 7) is 11.5. The molecule has 5 nitrogen and oxygen atoms in total. The maximum Gasteiger partial charge on any atom is 0.416 e. The molecule has 1 aliphatic rings. The second-order valence-electron chi connectivity index (χ2n) is 10.5. The first-order valence-corrected chi connectivity index (χ1v) is 11.9. The van der Waals surface area contributed by atoms with Crippen molar-refractivity contribution in [2.45, 2.75) is 46.7 Å². The molecule has 3 rings (SSSR count). The second kappa shape index (κ2) is 10.7. The third-order valence-electron chi connectivity index (χ3n) is 6.06. The van der Waals surface area contributed by atoms with E-state index in [4.69, 9.17) is 0 Å². The van der Waals surface area contributed by atoms with E-state index in [1.54, 1.807) is 12.1 Å². The van der Waals surface area contributed by atoms with Gasteiger partial charge in [0.15, 0.2) is 0 Å². The Morgan fingerprint density at radius 2 is 1.60 bits per heavy atom. The summed E-state index contributed by atoms with van der Waals surface area (Å²) in [6, 6.07) is 11.5. The number of carbonyl (C=O) groups is 2. The molecule has 2 aromatic rings. The van der Waals surface area contributed by atoms with Crippen LogP contribution in [0.15, 0.2) is 48.5 Å². The fraction of sp³-hybridized carbons (Fsp3) is 0.481. The van der Waals surface area contributed by atoms with Crippen LogP contribution >= 0.6 is 0 Å². The Hall–Kier alpha value is -3.03. The highest BCUT2D eigenvalue weighted by molar-refractivity contribution is 6.04. The Labute approximate surface area is 205 Å². The predicted molar refractivity (Wildman–Crippen MR) is 132 cm³/mol. The fourth-order valence-electron chi connectivity index (χ4n) is 4.55. The summed E-state index contributed by atoms with van der Waals surface area (Å²) in [7, 11) is 0. The Kier molecular flexibility index (Phi) is 8.13. The lowest BCUT2D eigenvalue weighted by Gasteiger charge is -2.37. The topological polar surface area (TPSA) is 52.7 Å². The summed E-state index contributed by atoms with van der Waals surface area (Å²) in [6.07, 6.45) is -2.93. The van der Waals surface area contributed by atoms with Crippen LogP contribution in [-0.4, -0.2) is 42.9 Å². The van der Waals surface area contributed by atoms with Gasteiger partial charge < -0.3 is 15.1 Å². The van der Waals surface area contributed by atoms with Crippen LogP contribution in [0.25, 0.3) is 0 Å². The van der Waals surface area contributed by atoms with E-state index in [-0.39, 0.29) is 16.9 Å². The number of carbonyl (C=O) groups excluding carboxylic acids is 2. The molecule has 0 spiro atoms. The van der Waals surface area contributed by atoms with Crippen molar-refractivity contribution in [3.8, 4) is 0 Å². The zero-order valence-electron chi connectivity index (χ0n) is 20.8. The van der Waals surface area contributed by atoms with Crippen LogP contribution in [0.3, 0.4) is 0 Å². The minimum absolute atomic E-state index is 0.0542. The number of amides is 2. The molecule has 190 valence electrons. The van der Waals surface area contributed by atoms with E-state index in [9.17, 15) is 22.8 Å². The van der Waals surface area contributed by atoms with Gasteiger partial charge in [-0.05, 0) is 60.2 Å². The van der Waals surface area contributed by atoms with Crippen molar-refractivity contribution in [3.05, 3.63) is 59.7 Å². The molecule has 0 aliphatic carbocycles. The normalized spacial score (nSPS) is 15.6. The van der Waals surface area contributed by atoms with Crippen LogP contribution in [0.2, 0.25) is 0 Å².